The predicted octanol–water partition coefficient (Wildman–Crippen LogP) is 3.58. The van der Waals surface area contributed by atoms with Crippen molar-refractivity contribution in [1.29, 1.82) is 0 Å². The molecule has 96 valence electrons. The van der Waals surface area contributed by atoms with E-state index >= 15 is 0 Å². The van der Waals surface area contributed by atoms with Gasteiger partial charge in [-0.3, -0.25) is 4.98 Å². The molecule has 1 heterocycles. The molecule has 2 aromatic rings. The Hall–Kier alpha value is -1.04. The number of nitrogens with zero attached hydrogens (tertiary/aromatic N) is 1. The largest absolute Gasteiger partial charge is 0.313 e. The first-order chi connectivity index (χ1) is 8.61. The zero-order chi connectivity index (χ0) is 13.1. The number of aromatic nitrogens is 1. The van der Waals surface area contributed by atoms with E-state index in [2.05, 4.69) is 10.3 Å². The molecule has 1 aromatic heterocycles. The molecule has 0 amide bonds. The van der Waals surface area contributed by atoms with Gasteiger partial charge in [0.1, 0.15) is 11.6 Å². The second-order valence-corrected chi connectivity index (χ2v) is 5.18. The van der Waals surface area contributed by atoms with Crippen LogP contribution in [-0.4, -0.2) is 12.0 Å². The lowest BCUT2D eigenvalue weighted by atomic mass is 10.0. The lowest BCUT2D eigenvalue weighted by Gasteiger charge is -2.16. The first-order valence-electron chi connectivity index (χ1n) is 5.31. The molecule has 1 N–H and O–H groups in total. The molecule has 1 atom stereocenters. The van der Waals surface area contributed by atoms with Crippen molar-refractivity contribution < 1.29 is 8.78 Å². The summed E-state index contributed by atoms with van der Waals surface area (Å²) < 4.78 is 27.2. The average molecular weight is 289 g/mol. The van der Waals surface area contributed by atoms with Crippen molar-refractivity contribution in [1.82, 2.24) is 10.3 Å². The van der Waals surface area contributed by atoms with Gasteiger partial charge in [0, 0.05) is 29.1 Å². The van der Waals surface area contributed by atoms with Crippen molar-refractivity contribution in [3.8, 4) is 0 Å². The third-order valence-corrected chi connectivity index (χ3v) is 3.74. The fourth-order valence-corrected chi connectivity index (χ4v) is 2.51. The number of benzene rings is 1. The molecule has 0 aliphatic carbocycles. The molecule has 2 rings (SSSR count). The van der Waals surface area contributed by atoms with Crippen LogP contribution in [0.3, 0.4) is 0 Å². The number of hydrogen-bond donors (Lipinski definition) is 1. The highest BCUT2D eigenvalue weighted by Crippen LogP contribution is 2.26. The van der Waals surface area contributed by atoms with Crippen molar-refractivity contribution >= 4 is 22.9 Å². The first kappa shape index (κ1) is 13.4. The number of nitrogens with one attached hydrogen (secondary N) is 1. The monoisotopic (exact) mass is 288 g/mol. The van der Waals surface area contributed by atoms with Crippen LogP contribution in [0.25, 0.3) is 0 Å². The van der Waals surface area contributed by atoms with Gasteiger partial charge in [-0.2, -0.15) is 0 Å². The van der Waals surface area contributed by atoms with Crippen LogP contribution in [0.4, 0.5) is 8.78 Å². The van der Waals surface area contributed by atoms with Gasteiger partial charge < -0.3 is 5.32 Å². The maximum Gasteiger partial charge on any atom is 0.142 e. The Kier molecular flexibility index (Phi) is 4.27. The smallest absolute Gasteiger partial charge is 0.142 e. The molecule has 0 spiro atoms. The summed E-state index contributed by atoms with van der Waals surface area (Å²) in [7, 11) is 1.71. The normalized spacial score (nSPS) is 12.7. The van der Waals surface area contributed by atoms with Crippen LogP contribution in [-0.2, 0) is 6.42 Å². The number of rotatable bonds is 4. The van der Waals surface area contributed by atoms with Crippen LogP contribution < -0.4 is 5.32 Å². The number of thiazole rings is 1. The Labute approximate surface area is 113 Å². The topological polar surface area (TPSA) is 24.9 Å². The van der Waals surface area contributed by atoms with E-state index in [9.17, 15) is 8.78 Å². The fraction of sp³-hybridized carbons (Fsp3) is 0.250. The summed E-state index contributed by atoms with van der Waals surface area (Å²) in [5.74, 6) is -1.12. The van der Waals surface area contributed by atoms with Gasteiger partial charge in [-0.25, -0.2) is 8.78 Å². The van der Waals surface area contributed by atoms with Crippen LogP contribution in [0.5, 0.6) is 0 Å². The van der Waals surface area contributed by atoms with Crippen LogP contribution in [0.1, 0.15) is 16.5 Å². The van der Waals surface area contributed by atoms with Gasteiger partial charge in [0.15, 0.2) is 0 Å². The molecule has 6 heteroatoms. The van der Waals surface area contributed by atoms with Crippen molar-refractivity contribution in [2.75, 3.05) is 7.05 Å². The molecule has 18 heavy (non-hydrogen) atoms. The minimum absolute atomic E-state index is 0.205. The predicted molar refractivity (Wildman–Crippen MR) is 69.0 cm³/mol. The lowest BCUT2D eigenvalue weighted by Crippen LogP contribution is -2.20. The van der Waals surface area contributed by atoms with Crippen molar-refractivity contribution in [2.45, 2.75) is 12.5 Å². The molecule has 0 saturated heterocycles. The summed E-state index contributed by atoms with van der Waals surface area (Å²) in [6, 6.07) is 1.83. The second kappa shape index (κ2) is 5.73. The molecule has 1 aromatic carbocycles. The third-order valence-electron chi connectivity index (χ3n) is 2.65. The van der Waals surface area contributed by atoms with Crippen LogP contribution >= 0.6 is 22.9 Å². The van der Waals surface area contributed by atoms with E-state index in [0.717, 1.165) is 17.0 Å². The van der Waals surface area contributed by atoms with Crippen molar-refractivity contribution in [2.24, 2.45) is 0 Å². The Morgan fingerprint density at radius 2 is 2.17 bits per heavy atom. The SMILES string of the molecule is CNC(Cc1cncs1)c1cc(F)c(Cl)cc1F. The Morgan fingerprint density at radius 3 is 2.78 bits per heavy atom. The van der Waals surface area contributed by atoms with Gasteiger partial charge in [-0.1, -0.05) is 11.6 Å². The van der Waals surface area contributed by atoms with E-state index in [4.69, 9.17) is 11.6 Å². The van der Waals surface area contributed by atoms with Crippen LogP contribution in [0, 0.1) is 11.6 Å². The molecule has 0 bridgehead atoms. The quantitative estimate of drug-likeness (QED) is 0.870. The highest BCUT2D eigenvalue weighted by molar-refractivity contribution is 7.09. The average Bonchev–Trinajstić information content (AvgIpc) is 2.84. The van der Waals surface area contributed by atoms with Gasteiger partial charge >= 0.3 is 0 Å². The second-order valence-electron chi connectivity index (χ2n) is 3.80. The molecule has 1 unspecified atom stereocenters. The van der Waals surface area contributed by atoms with Gasteiger partial charge in [-0.05, 0) is 19.2 Å². The summed E-state index contributed by atoms with van der Waals surface area (Å²) in [6.07, 6.45) is 2.28. The molecule has 0 aliphatic heterocycles. The maximum atomic E-state index is 13.8. The molecule has 0 aliphatic rings. The summed E-state index contributed by atoms with van der Waals surface area (Å²) in [6.45, 7) is 0. The maximum absolute atomic E-state index is 13.8. The Bertz CT molecular complexity index is 531. The molecule has 0 saturated carbocycles. The summed E-state index contributed by atoms with van der Waals surface area (Å²) in [4.78, 5) is 4.96. The van der Waals surface area contributed by atoms with Crippen molar-refractivity contribution in [3.63, 3.8) is 0 Å². The molecular weight excluding hydrogens is 278 g/mol. The highest BCUT2D eigenvalue weighted by Gasteiger charge is 2.18. The van der Waals surface area contributed by atoms with E-state index in [1.807, 2.05) is 0 Å². The Balaban J connectivity index is 2.30. The standard InChI is InChI=1S/C12H11ClF2N2S/c1-16-12(2-7-5-17-6-18-7)8-3-11(15)9(13)4-10(8)14/h3-6,12,16H,2H2,1H3. The van der Waals surface area contributed by atoms with E-state index in [-0.39, 0.29) is 16.6 Å². The fourth-order valence-electron chi connectivity index (χ4n) is 1.72. The number of hydrogen-bond acceptors (Lipinski definition) is 3. The van der Waals surface area contributed by atoms with Gasteiger partial charge in [0.05, 0.1) is 10.5 Å². The van der Waals surface area contributed by atoms with Crippen molar-refractivity contribution in [3.05, 3.63) is 50.9 Å². The highest BCUT2D eigenvalue weighted by atomic mass is 35.5. The third kappa shape index (κ3) is 2.85. The number of likely N-dealkylation sites (N-methyl/N-ethyl adjacent to an activating group) is 1. The first-order valence-corrected chi connectivity index (χ1v) is 6.56. The Morgan fingerprint density at radius 1 is 1.39 bits per heavy atom. The zero-order valence-corrected chi connectivity index (χ0v) is 11.2. The van der Waals surface area contributed by atoms with Crippen LogP contribution in [0.15, 0.2) is 23.8 Å². The van der Waals surface area contributed by atoms with Gasteiger partial charge in [-0.15, -0.1) is 11.3 Å². The zero-order valence-electron chi connectivity index (χ0n) is 9.58. The van der Waals surface area contributed by atoms with E-state index < -0.39 is 11.6 Å². The number of halogens is 3. The molecular formula is C12H11ClF2N2S. The summed E-state index contributed by atoms with van der Waals surface area (Å²) in [5.41, 5.74) is 1.98. The minimum atomic E-state index is -0.613. The minimum Gasteiger partial charge on any atom is -0.313 e. The molecule has 2 nitrogen and oxygen atoms in total. The van der Waals surface area contributed by atoms with Gasteiger partial charge in [0.25, 0.3) is 0 Å². The molecule has 0 fully saturated rings. The summed E-state index contributed by atoms with van der Waals surface area (Å²) in [5, 5.41) is 2.77. The van der Waals surface area contributed by atoms with Crippen LogP contribution in [0.2, 0.25) is 5.02 Å². The van der Waals surface area contributed by atoms with Gasteiger partial charge in [0.2, 0.25) is 0 Å². The summed E-state index contributed by atoms with van der Waals surface area (Å²) >= 11 is 7.01. The lowest BCUT2D eigenvalue weighted by molar-refractivity contribution is 0.525. The van der Waals surface area contributed by atoms with E-state index in [0.29, 0.717) is 6.42 Å². The van der Waals surface area contributed by atoms with E-state index in [1.165, 1.54) is 11.3 Å². The van der Waals surface area contributed by atoms with E-state index in [1.54, 1.807) is 18.8 Å². The molecule has 0 radical (unpaired) electrons.